The normalized spacial score (nSPS) is 22.7. The quantitative estimate of drug-likeness (QED) is 0.588. The van der Waals surface area contributed by atoms with Crippen molar-refractivity contribution in [1.82, 2.24) is 9.80 Å². The number of hydrogen-bond acceptors (Lipinski definition) is 4. The topological polar surface area (TPSA) is 70.8 Å². The molecule has 0 bridgehead atoms. The summed E-state index contributed by atoms with van der Waals surface area (Å²) in [6.07, 6.45) is 1.07. The van der Waals surface area contributed by atoms with Gasteiger partial charge in [-0.25, -0.2) is 0 Å². The number of allylic oxidation sites excluding steroid dienone is 2. The lowest BCUT2D eigenvalue weighted by Crippen LogP contribution is -2.45. The van der Waals surface area contributed by atoms with Gasteiger partial charge in [-0.1, -0.05) is 12.2 Å². The number of alkyl halides is 3. The minimum Gasteiger partial charge on any atom is -0.467 e. The monoisotopic (exact) mass is 370 g/mol. The zero-order valence-electron chi connectivity index (χ0n) is 13.7. The molecule has 9 heteroatoms. The first-order chi connectivity index (χ1) is 12.3. The second kappa shape index (κ2) is 6.97. The Labute approximate surface area is 147 Å². The number of rotatable bonds is 5. The number of carbonyl (C=O) groups excluding carboxylic acids is 3. The number of carbonyl (C=O) groups is 3. The van der Waals surface area contributed by atoms with Crippen LogP contribution in [-0.4, -0.2) is 46.8 Å². The van der Waals surface area contributed by atoms with Crippen LogP contribution in [0, 0.1) is 11.8 Å². The van der Waals surface area contributed by atoms with Gasteiger partial charge in [-0.3, -0.25) is 19.3 Å². The van der Waals surface area contributed by atoms with Crippen LogP contribution in [-0.2, 0) is 20.9 Å². The molecule has 1 saturated heterocycles. The van der Waals surface area contributed by atoms with Gasteiger partial charge >= 0.3 is 6.18 Å². The van der Waals surface area contributed by atoms with Crippen LogP contribution in [0.5, 0.6) is 0 Å². The summed E-state index contributed by atoms with van der Waals surface area (Å²) in [5.74, 6) is -2.82. The third kappa shape index (κ3) is 3.81. The molecule has 0 N–H and O–H groups in total. The van der Waals surface area contributed by atoms with Crippen molar-refractivity contribution in [3.05, 3.63) is 36.3 Å². The van der Waals surface area contributed by atoms with E-state index in [0.717, 1.165) is 4.90 Å². The fourth-order valence-corrected chi connectivity index (χ4v) is 3.30. The molecule has 1 aliphatic heterocycles. The lowest BCUT2D eigenvalue weighted by Gasteiger charge is -2.25. The summed E-state index contributed by atoms with van der Waals surface area (Å²) in [5.41, 5.74) is 0. The van der Waals surface area contributed by atoms with Crippen molar-refractivity contribution in [2.24, 2.45) is 11.8 Å². The van der Waals surface area contributed by atoms with Crippen LogP contribution in [0.15, 0.2) is 35.0 Å². The number of halogens is 3. The predicted molar refractivity (Wildman–Crippen MR) is 82.3 cm³/mol. The van der Waals surface area contributed by atoms with Crippen molar-refractivity contribution in [1.29, 1.82) is 0 Å². The van der Waals surface area contributed by atoms with Crippen molar-refractivity contribution >= 4 is 17.7 Å². The Morgan fingerprint density at radius 2 is 1.81 bits per heavy atom. The highest BCUT2D eigenvalue weighted by Gasteiger charge is 2.48. The molecule has 3 rings (SSSR count). The average molecular weight is 370 g/mol. The molecule has 1 aliphatic carbocycles. The first-order valence-electron chi connectivity index (χ1n) is 8.13. The summed E-state index contributed by atoms with van der Waals surface area (Å²) < 4.78 is 43.5. The van der Waals surface area contributed by atoms with Gasteiger partial charge in [-0.2, -0.15) is 13.2 Å². The first kappa shape index (κ1) is 18.2. The van der Waals surface area contributed by atoms with E-state index in [0.29, 0.717) is 17.7 Å². The highest BCUT2D eigenvalue weighted by Crippen LogP contribution is 2.35. The van der Waals surface area contributed by atoms with Gasteiger partial charge in [0, 0.05) is 0 Å². The van der Waals surface area contributed by atoms with Crippen molar-refractivity contribution < 1.29 is 32.0 Å². The fourth-order valence-electron chi connectivity index (χ4n) is 3.30. The first-order valence-corrected chi connectivity index (χ1v) is 8.13. The van der Waals surface area contributed by atoms with E-state index in [4.69, 9.17) is 4.42 Å². The SMILES string of the molecule is O=C(CN1C(=O)C2CC=CCC2C1=O)N(Cc1ccco1)CC(F)(F)F. The number of imide groups is 1. The van der Waals surface area contributed by atoms with Crippen molar-refractivity contribution in [2.45, 2.75) is 25.6 Å². The van der Waals surface area contributed by atoms with Crippen molar-refractivity contribution in [3.63, 3.8) is 0 Å². The van der Waals surface area contributed by atoms with E-state index < -0.39 is 55.4 Å². The Hall–Kier alpha value is -2.58. The van der Waals surface area contributed by atoms with E-state index in [-0.39, 0.29) is 5.76 Å². The van der Waals surface area contributed by atoms with Crippen molar-refractivity contribution in [2.75, 3.05) is 13.1 Å². The highest BCUT2D eigenvalue weighted by molar-refractivity contribution is 6.07. The smallest absolute Gasteiger partial charge is 0.406 e. The molecule has 2 unspecified atom stereocenters. The Balaban J connectivity index is 1.72. The summed E-state index contributed by atoms with van der Waals surface area (Å²) >= 11 is 0. The summed E-state index contributed by atoms with van der Waals surface area (Å²) in [5, 5.41) is 0. The van der Waals surface area contributed by atoms with E-state index in [1.54, 1.807) is 12.2 Å². The molecule has 26 heavy (non-hydrogen) atoms. The van der Waals surface area contributed by atoms with Crippen LogP contribution in [0.4, 0.5) is 13.2 Å². The lowest BCUT2D eigenvalue weighted by atomic mass is 9.85. The summed E-state index contributed by atoms with van der Waals surface area (Å²) in [7, 11) is 0. The van der Waals surface area contributed by atoms with Crippen LogP contribution < -0.4 is 0 Å². The van der Waals surface area contributed by atoms with Gasteiger partial charge in [0.2, 0.25) is 17.7 Å². The molecule has 1 aromatic heterocycles. The molecule has 0 saturated carbocycles. The summed E-state index contributed by atoms with van der Waals surface area (Å²) in [6.45, 7) is -2.57. The van der Waals surface area contributed by atoms with Gasteiger partial charge in [0.05, 0.1) is 24.6 Å². The lowest BCUT2D eigenvalue weighted by molar-refractivity contribution is -0.164. The summed E-state index contributed by atoms with van der Waals surface area (Å²) in [6, 6.07) is 2.94. The molecule has 1 aromatic rings. The maximum absolute atomic E-state index is 12.8. The maximum atomic E-state index is 12.8. The van der Waals surface area contributed by atoms with Crippen molar-refractivity contribution in [3.8, 4) is 0 Å². The van der Waals surface area contributed by atoms with E-state index in [1.807, 2.05) is 0 Å². The Morgan fingerprint density at radius 1 is 1.19 bits per heavy atom. The third-order valence-corrected chi connectivity index (χ3v) is 4.54. The number of likely N-dealkylation sites (tertiary alicyclic amines) is 1. The average Bonchev–Trinajstić information content (AvgIpc) is 3.16. The van der Waals surface area contributed by atoms with Crippen LogP contribution in [0.25, 0.3) is 0 Å². The largest absolute Gasteiger partial charge is 0.467 e. The second-order valence-electron chi connectivity index (χ2n) is 6.36. The van der Waals surface area contributed by atoms with E-state index >= 15 is 0 Å². The van der Waals surface area contributed by atoms with Gasteiger partial charge in [0.1, 0.15) is 18.8 Å². The van der Waals surface area contributed by atoms with E-state index in [2.05, 4.69) is 0 Å². The molecule has 2 atom stereocenters. The van der Waals surface area contributed by atoms with E-state index in [1.165, 1.54) is 18.4 Å². The molecule has 0 aromatic carbocycles. The Kier molecular flexibility index (Phi) is 4.88. The number of hydrogen-bond donors (Lipinski definition) is 0. The second-order valence-corrected chi connectivity index (χ2v) is 6.36. The van der Waals surface area contributed by atoms with Gasteiger partial charge in [0.25, 0.3) is 0 Å². The molecule has 6 nitrogen and oxygen atoms in total. The third-order valence-electron chi connectivity index (χ3n) is 4.54. The molecular formula is C17H17F3N2O4. The number of furan rings is 1. The van der Waals surface area contributed by atoms with Gasteiger partial charge in [-0.05, 0) is 25.0 Å². The molecular weight excluding hydrogens is 353 g/mol. The van der Waals surface area contributed by atoms with Gasteiger partial charge in [-0.15, -0.1) is 0 Å². The highest BCUT2D eigenvalue weighted by atomic mass is 19.4. The molecule has 2 aliphatic rings. The molecule has 2 heterocycles. The molecule has 1 fully saturated rings. The Morgan fingerprint density at radius 3 is 2.31 bits per heavy atom. The molecule has 140 valence electrons. The van der Waals surface area contributed by atoms with Crippen LogP contribution in [0.3, 0.4) is 0 Å². The van der Waals surface area contributed by atoms with Crippen LogP contribution >= 0.6 is 0 Å². The van der Waals surface area contributed by atoms with Gasteiger partial charge < -0.3 is 9.32 Å². The molecule has 3 amide bonds. The minimum absolute atomic E-state index is 0.180. The number of amides is 3. The van der Waals surface area contributed by atoms with Crippen LogP contribution in [0.1, 0.15) is 18.6 Å². The van der Waals surface area contributed by atoms with Crippen LogP contribution in [0.2, 0.25) is 0 Å². The number of fused-ring (bicyclic) bond motifs is 1. The maximum Gasteiger partial charge on any atom is 0.406 e. The number of nitrogens with zero attached hydrogens (tertiary/aromatic N) is 2. The zero-order valence-corrected chi connectivity index (χ0v) is 13.7. The zero-order chi connectivity index (χ0) is 18.9. The minimum atomic E-state index is -4.61. The van der Waals surface area contributed by atoms with Gasteiger partial charge in [0.15, 0.2) is 0 Å². The Bertz CT molecular complexity index is 701. The summed E-state index contributed by atoms with van der Waals surface area (Å²) in [4.78, 5) is 38.5. The fraction of sp³-hybridized carbons (Fsp3) is 0.471. The molecule has 0 spiro atoms. The molecule has 0 radical (unpaired) electrons. The van der Waals surface area contributed by atoms with E-state index in [9.17, 15) is 27.6 Å². The standard InChI is InChI=1S/C17H17F3N2O4/c18-17(19,20)10-21(8-11-4-3-7-26-11)14(23)9-22-15(24)12-5-1-2-6-13(12)16(22)25/h1-4,7,12-13H,5-6,8-10H2. The predicted octanol–water partition coefficient (Wildman–Crippen LogP) is 2.12.